The Morgan fingerprint density at radius 1 is 1.08 bits per heavy atom. The van der Waals surface area contributed by atoms with Gasteiger partial charge in [0.1, 0.15) is 19.1 Å². The van der Waals surface area contributed by atoms with Gasteiger partial charge in [-0.25, -0.2) is 0 Å². The first-order chi connectivity index (χ1) is 6.36. The van der Waals surface area contributed by atoms with E-state index in [1.54, 1.807) is 0 Å². The summed E-state index contributed by atoms with van der Waals surface area (Å²) in [5.41, 5.74) is 0. The Balaban J connectivity index is 0.000000322. The van der Waals surface area contributed by atoms with Gasteiger partial charge in [-0.05, 0) is 13.3 Å². The highest BCUT2D eigenvalue weighted by molar-refractivity contribution is 4.85. The molecule has 2 aliphatic heterocycles. The van der Waals surface area contributed by atoms with Crippen LogP contribution in [-0.4, -0.2) is 25.2 Å². The fourth-order valence-electron chi connectivity index (χ4n) is 1.44. The van der Waals surface area contributed by atoms with Gasteiger partial charge < -0.3 is 9.47 Å². The molecule has 0 bridgehead atoms. The molecule has 1 N–H and O–H groups in total. The minimum absolute atomic E-state index is 0.181. The third-order valence-electron chi connectivity index (χ3n) is 1.90. The van der Waals surface area contributed by atoms with Crippen LogP contribution in [0.1, 0.15) is 41.0 Å². The molecule has 0 radical (unpaired) electrons. The molecule has 80 valence electrons. The van der Waals surface area contributed by atoms with E-state index < -0.39 is 0 Å². The van der Waals surface area contributed by atoms with Gasteiger partial charge in [-0.1, -0.05) is 27.7 Å². The normalized spacial score (nSPS) is 35.3. The van der Waals surface area contributed by atoms with Crippen molar-refractivity contribution in [1.29, 1.82) is 0 Å². The summed E-state index contributed by atoms with van der Waals surface area (Å²) in [7, 11) is 0. The van der Waals surface area contributed by atoms with Crippen LogP contribution in [0.25, 0.3) is 0 Å². The first-order valence-electron chi connectivity index (χ1n) is 5.35. The van der Waals surface area contributed by atoms with E-state index in [0.29, 0.717) is 18.9 Å². The minimum atomic E-state index is 0.181. The molecule has 3 heteroatoms. The van der Waals surface area contributed by atoms with Crippen molar-refractivity contribution in [3.63, 3.8) is 0 Å². The molecule has 0 amide bonds. The Kier molecular flexibility index (Phi) is 7.23. The monoisotopic (exact) mass is 189 g/mol. The summed E-state index contributed by atoms with van der Waals surface area (Å²) in [6.07, 6.45) is 1.59. The van der Waals surface area contributed by atoms with Crippen molar-refractivity contribution >= 4 is 0 Å². The molecule has 2 aliphatic rings. The molecule has 2 rings (SSSR count). The highest BCUT2D eigenvalue weighted by Crippen LogP contribution is 2.22. The lowest BCUT2D eigenvalue weighted by Gasteiger charge is -2.04. The van der Waals surface area contributed by atoms with Gasteiger partial charge in [0, 0.05) is 6.04 Å². The molecular formula is C10H23NO2. The number of hydrogen-bond donors (Lipinski definition) is 1. The number of fused-ring (bicyclic) bond motifs is 1. The molecule has 3 unspecified atom stereocenters. The average molecular weight is 189 g/mol. The minimum Gasteiger partial charge on any atom is -0.348 e. The predicted octanol–water partition coefficient (Wildman–Crippen LogP) is 2.12. The van der Waals surface area contributed by atoms with Crippen molar-refractivity contribution in [2.24, 2.45) is 0 Å². The van der Waals surface area contributed by atoms with E-state index in [-0.39, 0.29) is 6.23 Å². The van der Waals surface area contributed by atoms with Crippen LogP contribution in [0, 0.1) is 0 Å². The van der Waals surface area contributed by atoms with Gasteiger partial charge in [0.2, 0.25) is 0 Å². The van der Waals surface area contributed by atoms with Crippen molar-refractivity contribution in [2.75, 3.05) is 6.79 Å². The van der Waals surface area contributed by atoms with Gasteiger partial charge in [0.15, 0.2) is 0 Å². The molecule has 0 aromatic heterocycles. The van der Waals surface area contributed by atoms with Crippen LogP contribution < -0.4 is 5.32 Å². The van der Waals surface area contributed by atoms with Crippen LogP contribution in [0.15, 0.2) is 0 Å². The van der Waals surface area contributed by atoms with Crippen LogP contribution in [0.5, 0.6) is 0 Å². The summed E-state index contributed by atoms with van der Waals surface area (Å²) >= 11 is 0. The summed E-state index contributed by atoms with van der Waals surface area (Å²) < 4.78 is 10.5. The van der Waals surface area contributed by atoms with Crippen molar-refractivity contribution in [3.8, 4) is 0 Å². The number of ether oxygens (including phenoxy) is 2. The Morgan fingerprint density at radius 3 is 2.23 bits per heavy atom. The molecular weight excluding hydrogens is 166 g/mol. The smallest absolute Gasteiger partial charge is 0.149 e. The Hall–Kier alpha value is -0.120. The van der Waals surface area contributed by atoms with E-state index in [0.717, 1.165) is 6.42 Å². The molecule has 2 saturated heterocycles. The topological polar surface area (TPSA) is 30.5 Å². The van der Waals surface area contributed by atoms with Crippen LogP contribution in [-0.2, 0) is 9.47 Å². The highest BCUT2D eigenvalue weighted by Gasteiger charge is 2.36. The first-order valence-corrected chi connectivity index (χ1v) is 5.35. The summed E-state index contributed by atoms with van der Waals surface area (Å²) in [6.45, 7) is 10.6. The predicted molar refractivity (Wildman–Crippen MR) is 54.5 cm³/mol. The van der Waals surface area contributed by atoms with Crippen LogP contribution in [0.2, 0.25) is 0 Å². The van der Waals surface area contributed by atoms with Crippen LogP contribution in [0.4, 0.5) is 0 Å². The summed E-state index contributed by atoms with van der Waals surface area (Å²) in [4.78, 5) is 0. The van der Waals surface area contributed by atoms with E-state index in [9.17, 15) is 0 Å². The maximum atomic E-state index is 5.26. The zero-order valence-electron chi connectivity index (χ0n) is 9.46. The maximum absolute atomic E-state index is 5.26. The van der Waals surface area contributed by atoms with Crippen molar-refractivity contribution in [1.82, 2.24) is 5.32 Å². The van der Waals surface area contributed by atoms with Crippen molar-refractivity contribution < 1.29 is 9.47 Å². The molecule has 0 spiro atoms. The van der Waals surface area contributed by atoms with Gasteiger partial charge >= 0.3 is 0 Å². The Labute approximate surface area is 81.8 Å². The fourth-order valence-corrected chi connectivity index (χ4v) is 1.44. The number of rotatable bonds is 0. The quantitative estimate of drug-likeness (QED) is 0.633. The zero-order valence-corrected chi connectivity index (χ0v) is 9.46. The third kappa shape index (κ3) is 3.63. The van der Waals surface area contributed by atoms with Crippen molar-refractivity contribution in [2.45, 2.75) is 59.4 Å². The average Bonchev–Trinajstić information content (AvgIpc) is 2.71. The lowest BCUT2D eigenvalue weighted by molar-refractivity contribution is 0.0215. The van der Waals surface area contributed by atoms with Gasteiger partial charge in [0.25, 0.3) is 0 Å². The van der Waals surface area contributed by atoms with E-state index in [1.807, 2.05) is 27.7 Å². The van der Waals surface area contributed by atoms with Gasteiger partial charge in [-0.15, -0.1) is 0 Å². The Morgan fingerprint density at radius 2 is 1.69 bits per heavy atom. The summed E-state index contributed by atoms with van der Waals surface area (Å²) in [5, 5.41) is 3.27. The standard InChI is InChI=1S/C6H11NO2.2C2H6/c1-4-2-5-6(7-4)9-3-8-5;2*1-2/h4-7H,2-3H2,1H3;2*1-2H3. The maximum Gasteiger partial charge on any atom is 0.149 e. The van der Waals surface area contributed by atoms with Gasteiger partial charge in [0.05, 0.1) is 0 Å². The molecule has 2 heterocycles. The summed E-state index contributed by atoms with van der Waals surface area (Å²) in [6, 6.07) is 0.556. The Bertz CT molecular complexity index is 107. The number of nitrogens with one attached hydrogen (secondary N) is 1. The van der Waals surface area contributed by atoms with E-state index >= 15 is 0 Å². The van der Waals surface area contributed by atoms with Gasteiger partial charge in [-0.2, -0.15) is 0 Å². The molecule has 3 atom stereocenters. The number of hydrogen-bond acceptors (Lipinski definition) is 3. The summed E-state index contributed by atoms with van der Waals surface area (Å²) in [5.74, 6) is 0. The molecule has 0 saturated carbocycles. The van der Waals surface area contributed by atoms with E-state index in [2.05, 4.69) is 12.2 Å². The first kappa shape index (κ1) is 12.9. The van der Waals surface area contributed by atoms with E-state index in [4.69, 9.17) is 9.47 Å². The molecule has 3 nitrogen and oxygen atoms in total. The second-order valence-electron chi connectivity index (χ2n) is 2.71. The largest absolute Gasteiger partial charge is 0.348 e. The van der Waals surface area contributed by atoms with E-state index in [1.165, 1.54) is 0 Å². The molecule has 2 fully saturated rings. The molecule has 0 aliphatic carbocycles. The second kappa shape index (κ2) is 7.30. The van der Waals surface area contributed by atoms with Crippen LogP contribution >= 0.6 is 0 Å². The molecule has 0 aromatic carbocycles. The third-order valence-corrected chi connectivity index (χ3v) is 1.90. The highest BCUT2D eigenvalue weighted by atomic mass is 16.7. The SMILES string of the molecule is CC.CC.CC1CC2OCOC2N1. The lowest BCUT2D eigenvalue weighted by Crippen LogP contribution is -2.30. The zero-order chi connectivity index (χ0) is 10.3. The molecule has 0 aromatic rings. The van der Waals surface area contributed by atoms with Crippen LogP contribution in [0.3, 0.4) is 0 Å². The lowest BCUT2D eigenvalue weighted by atomic mass is 10.2. The molecule has 13 heavy (non-hydrogen) atoms. The van der Waals surface area contributed by atoms with Gasteiger partial charge in [-0.3, -0.25) is 5.32 Å². The van der Waals surface area contributed by atoms with Crippen molar-refractivity contribution in [3.05, 3.63) is 0 Å². The second-order valence-corrected chi connectivity index (χ2v) is 2.71. The fraction of sp³-hybridized carbons (Fsp3) is 1.00.